The van der Waals surface area contributed by atoms with E-state index in [4.69, 9.17) is 0 Å². The molecule has 7 heteroatoms. The second kappa shape index (κ2) is 6.20. The number of H-pyrrole nitrogens is 1. The highest BCUT2D eigenvalue weighted by atomic mass is 16.2. The van der Waals surface area contributed by atoms with Crippen molar-refractivity contribution < 1.29 is 4.79 Å². The molecule has 124 valence electrons. The van der Waals surface area contributed by atoms with E-state index >= 15 is 0 Å². The van der Waals surface area contributed by atoms with Crippen molar-refractivity contribution in [2.45, 2.75) is 6.54 Å². The zero-order valence-corrected chi connectivity index (χ0v) is 13.3. The van der Waals surface area contributed by atoms with Gasteiger partial charge < -0.3 is 10.3 Å². The number of aromatic amines is 1. The predicted molar refractivity (Wildman–Crippen MR) is 94.4 cm³/mol. The average molecular weight is 333 g/mol. The van der Waals surface area contributed by atoms with Gasteiger partial charge in [-0.15, -0.1) is 5.10 Å². The second-order valence-corrected chi connectivity index (χ2v) is 5.64. The van der Waals surface area contributed by atoms with E-state index in [0.29, 0.717) is 16.5 Å². The number of amides is 1. The third kappa shape index (κ3) is 2.76. The van der Waals surface area contributed by atoms with Crippen LogP contribution in [0.5, 0.6) is 0 Å². The van der Waals surface area contributed by atoms with Crippen molar-refractivity contribution in [2.75, 3.05) is 6.54 Å². The topological polar surface area (TPSA) is 92.7 Å². The molecule has 25 heavy (non-hydrogen) atoms. The Morgan fingerprint density at radius 1 is 1.08 bits per heavy atom. The Kier molecular flexibility index (Phi) is 3.74. The van der Waals surface area contributed by atoms with Crippen molar-refractivity contribution in [3.05, 3.63) is 70.6 Å². The quantitative estimate of drug-likeness (QED) is 0.594. The van der Waals surface area contributed by atoms with Crippen molar-refractivity contribution in [3.8, 4) is 0 Å². The molecule has 0 atom stereocenters. The van der Waals surface area contributed by atoms with E-state index in [1.54, 1.807) is 24.4 Å². The van der Waals surface area contributed by atoms with Gasteiger partial charge in [-0.2, -0.15) is 0 Å². The lowest BCUT2D eigenvalue weighted by molar-refractivity contribution is 0.0953. The highest BCUT2D eigenvalue weighted by Gasteiger charge is 2.11. The Bertz CT molecular complexity index is 1130. The van der Waals surface area contributed by atoms with Gasteiger partial charge >= 0.3 is 0 Å². The molecule has 0 saturated heterocycles. The first-order valence-corrected chi connectivity index (χ1v) is 7.91. The van der Waals surface area contributed by atoms with Crippen LogP contribution in [0.2, 0.25) is 0 Å². The highest BCUT2D eigenvalue weighted by Crippen LogP contribution is 2.17. The molecule has 4 rings (SSSR count). The fourth-order valence-electron chi connectivity index (χ4n) is 2.80. The number of nitrogens with one attached hydrogen (secondary N) is 2. The van der Waals surface area contributed by atoms with E-state index in [9.17, 15) is 9.59 Å². The van der Waals surface area contributed by atoms with Gasteiger partial charge in [0.1, 0.15) is 5.52 Å². The van der Waals surface area contributed by atoms with Crippen LogP contribution in [0.4, 0.5) is 0 Å². The molecule has 0 unspecified atom stereocenters. The predicted octanol–water partition coefficient (Wildman–Crippen LogP) is 1.70. The molecule has 0 aliphatic carbocycles. The molecule has 2 aromatic heterocycles. The number of nitrogens with zero attached hydrogens (tertiary/aromatic N) is 3. The van der Waals surface area contributed by atoms with E-state index in [2.05, 4.69) is 20.6 Å². The van der Waals surface area contributed by atoms with Crippen molar-refractivity contribution in [1.82, 2.24) is 25.3 Å². The van der Waals surface area contributed by atoms with E-state index in [1.165, 1.54) is 4.68 Å². The Morgan fingerprint density at radius 3 is 2.72 bits per heavy atom. The van der Waals surface area contributed by atoms with Crippen LogP contribution in [0.25, 0.3) is 21.8 Å². The molecule has 2 aromatic carbocycles. The van der Waals surface area contributed by atoms with Crippen LogP contribution >= 0.6 is 0 Å². The number of fused-ring (bicyclic) bond motifs is 2. The summed E-state index contributed by atoms with van der Waals surface area (Å²) in [4.78, 5) is 27.8. The van der Waals surface area contributed by atoms with E-state index in [-0.39, 0.29) is 24.6 Å². The number of hydrogen-bond donors (Lipinski definition) is 2. The Hall–Kier alpha value is -3.48. The molecule has 2 N–H and O–H groups in total. The van der Waals surface area contributed by atoms with Gasteiger partial charge in [0.05, 0.1) is 17.5 Å². The minimum Gasteiger partial charge on any atom is -0.360 e. The first-order valence-electron chi connectivity index (χ1n) is 7.91. The number of hydrogen-bond acceptors (Lipinski definition) is 4. The Morgan fingerprint density at radius 2 is 1.84 bits per heavy atom. The summed E-state index contributed by atoms with van der Waals surface area (Å²) in [6.45, 7) is 0.538. The molecule has 2 heterocycles. The summed E-state index contributed by atoms with van der Waals surface area (Å²) in [7, 11) is 0. The molecule has 0 fully saturated rings. The Labute approximate surface area is 142 Å². The van der Waals surface area contributed by atoms with Gasteiger partial charge in [-0.3, -0.25) is 9.59 Å². The monoisotopic (exact) mass is 333 g/mol. The standard InChI is InChI=1S/C18H15N5O2/c24-17(14-11-20-15-7-3-1-5-12(14)15)19-9-10-23-18(25)13-6-2-4-8-16(13)21-22-23/h1-8,11,20H,9-10H2,(H,19,24). The van der Waals surface area contributed by atoms with Crippen LogP contribution in [-0.4, -0.2) is 32.4 Å². The van der Waals surface area contributed by atoms with Gasteiger partial charge in [0.25, 0.3) is 11.5 Å². The molecule has 0 bridgehead atoms. The molecule has 0 spiro atoms. The molecule has 1 amide bonds. The molecular formula is C18H15N5O2. The molecule has 0 radical (unpaired) electrons. The maximum atomic E-state index is 12.4. The number of rotatable bonds is 4. The maximum Gasteiger partial charge on any atom is 0.277 e. The van der Waals surface area contributed by atoms with Crippen molar-refractivity contribution >= 4 is 27.7 Å². The summed E-state index contributed by atoms with van der Waals surface area (Å²) in [5.41, 5.74) is 1.83. The van der Waals surface area contributed by atoms with Gasteiger partial charge in [-0.25, -0.2) is 4.68 Å². The lowest BCUT2D eigenvalue weighted by atomic mass is 10.1. The van der Waals surface area contributed by atoms with E-state index in [1.807, 2.05) is 30.3 Å². The Balaban J connectivity index is 1.48. The summed E-state index contributed by atoms with van der Waals surface area (Å²) in [6.07, 6.45) is 1.68. The largest absolute Gasteiger partial charge is 0.360 e. The lowest BCUT2D eigenvalue weighted by Gasteiger charge is -2.06. The third-order valence-electron chi connectivity index (χ3n) is 4.07. The van der Waals surface area contributed by atoms with Gasteiger partial charge in [-0.05, 0) is 18.2 Å². The van der Waals surface area contributed by atoms with Gasteiger partial charge in [-0.1, -0.05) is 35.5 Å². The lowest BCUT2D eigenvalue weighted by Crippen LogP contribution is -2.32. The minimum absolute atomic E-state index is 0.195. The second-order valence-electron chi connectivity index (χ2n) is 5.64. The first kappa shape index (κ1) is 15.1. The molecule has 0 saturated carbocycles. The van der Waals surface area contributed by atoms with Crippen molar-refractivity contribution in [3.63, 3.8) is 0 Å². The molecule has 4 aromatic rings. The first-order chi connectivity index (χ1) is 12.2. The summed E-state index contributed by atoms with van der Waals surface area (Å²) in [6, 6.07) is 14.6. The number of benzene rings is 2. The summed E-state index contributed by atoms with van der Waals surface area (Å²) >= 11 is 0. The van der Waals surface area contributed by atoms with Gasteiger partial charge in [0, 0.05) is 23.6 Å². The molecular weight excluding hydrogens is 318 g/mol. The maximum absolute atomic E-state index is 12.4. The smallest absolute Gasteiger partial charge is 0.277 e. The fraction of sp³-hybridized carbons (Fsp3) is 0.111. The SMILES string of the molecule is O=C(NCCn1nnc2ccccc2c1=O)c1c[nH]c2ccccc12. The number of carbonyl (C=O) groups is 1. The third-order valence-corrected chi connectivity index (χ3v) is 4.07. The number of aromatic nitrogens is 4. The summed E-state index contributed by atoms with van der Waals surface area (Å²) in [5, 5.41) is 12.1. The highest BCUT2D eigenvalue weighted by molar-refractivity contribution is 6.06. The number of carbonyl (C=O) groups excluding carboxylic acids is 1. The van der Waals surface area contributed by atoms with Crippen molar-refractivity contribution in [2.24, 2.45) is 0 Å². The summed E-state index contributed by atoms with van der Waals surface area (Å²) < 4.78 is 1.26. The van der Waals surface area contributed by atoms with E-state index < -0.39 is 0 Å². The number of para-hydroxylation sites is 1. The summed E-state index contributed by atoms with van der Waals surface area (Å²) in [5.74, 6) is -0.195. The molecule has 0 aliphatic heterocycles. The molecule has 7 nitrogen and oxygen atoms in total. The van der Waals surface area contributed by atoms with Gasteiger partial charge in [0.15, 0.2) is 0 Å². The zero-order chi connectivity index (χ0) is 17.2. The minimum atomic E-state index is -0.216. The van der Waals surface area contributed by atoms with Crippen LogP contribution in [-0.2, 0) is 6.54 Å². The van der Waals surface area contributed by atoms with Crippen LogP contribution in [0.1, 0.15) is 10.4 Å². The normalized spacial score (nSPS) is 11.0. The van der Waals surface area contributed by atoms with E-state index in [0.717, 1.165) is 10.9 Å². The fourth-order valence-corrected chi connectivity index (χ4v) is 2.80. The van der Waals surface area contributed by atoms with Gasteiger partial charge in [0.2, 0.25) is 0 Å². The van der Waals surface area contributed by atoms with Crippen molar-refractivity contribution in [1.29, 1.82) is 0 Å². The zero-order valence-electron chi connectivity index (χ0n) is 13.3. The van der Waals surface area contributed by atoms with Crippen LogP contribution in [0, 0.1) is 0 Å². The average Bonchev–Trinajstić information content (AvgIpc) is 3.08. The van der Waals surface area contributed by atoms with Crippen LogP contribution < -0.4 is 10.9 Å². The van der Waals surface area contributed by atoms with Crippen LogP contribution in [0.3, 0.4) is 0 Å². The molecule has 0 aliphatic rings. The van der Waals surface area contributed by atoms with Crippen LogP contribution in [0.15, 0.2) is 59.5 Å².